The second-order valence-electron chi connectivity index (χ2n) is 4.90. The lowest BCUT2D eigenvalue weighted by Crippen LogP contribution is -1.93. The SMILES string of the molecule is Nc1cc(Cc2ccccc2)cc(-c2[c]cccc2)c1. The Bertz CT molecular complexity index is 687. The van der Waals surface area contributed by atoms with Crippen molar-refractivity contribution in [1.82, 2.24) is 0 Å². The van der Waals surface area contributed by atoms with Gasteiger partial charge in [-0.15, -0.1) is 0 Å². The van der Waals surface area contributed by atoms with Crippen molar-refractivity contribution < 1.29 is 0 Å². The standard InChI is InChI=1S/C19H16N/c20-19-13-16(11-15-7-3-1-4-8-15)12-18(14-19)17-9-5-2-6-10-17/h1-9,12-14H,11,20H2. The van der Waals surface area contributed by atoms with Crippen molar-refractivity contribution in [2.75, 3.05) is 5.73 Å². The molecular weight excluding hydrogens is 242 g/mol. The predicted molar refractivity (Wildman–Crippen MR) is 84.4 cm³/mol. The average Bonchev–Trinajstić information content (AvgIpc) is 2.49. The Morgan fingerprint density at radius 1 is 0.800 bits per heavy atom. The highest BCUT2D eigenvalue weighted by molar-refractivity contribution is 5.68. The molecule has 1 radical (unpaired) electrons. The smallest absolute Gasteiger partial charge is 0.0323 e. The molecule has 0 saturated heterocycles. The maximum Gasteiger partial charge on any atom is 0.0323 e. The first-order valence-electron chi connectivity index (χ1n) is 6.72. The molecule has 3 aromatic rings. The third-order valence-corrected chi connectivity index (χ3v) is 3.29. The number of nitrogens with two attached hydrogens (primary N) is 1. The summed E-state index contributed by atoms with van der Waals surface area (Å²) in [4.78, 5) is 0. The Hall–Kier alpha value is -2.54. The summed E-state index contributed by atoms with van der Waals surface area (Å²) in [6.45, 7) is 0. The van der Waals surface area contributed by atoms with Crippen LogP contribution in [0, 0.1) is 6.07 Å². The van der Waals surface area contributed by atoms with E-state index >= 15 is 0 Å². The van der Waals surface area contributed by atoms with E-state index in [-0.39, 0.29) is 0 Å². The number of hydrogen-bond donors (Lipinski definition) is 1. The molecule has 0 aliphatic heterocycles. The minimum atomic E-state index is 0.797. The second kappa shape index (κ2) is 5.62. The van der Waals surface area contributed by atoms with Gasteiger partial charge in [0.25, 0.3) is 0 Å². The van der Waals surface area contributed by atoms with Gasteiger partial charge in [-0.3, -0.25) is 0 Å². The first-order chi connectivity index (χ1) is 9.81. The lowest BCUT2D eigenvalue weighted by Gasteiger charge is -2.08. The van der Waals surface area contributed by atoms with Gasteiger partial charge in [-0.25, -0.2) is 0 Å². The zero-order chi connectivity index (χ0) is 13.8. The summed E-state index contributed by atoms with van der Waals surface area (Å²) in [5.74, 6) is 0. The molecule has 3 rings (SSSR count). The lowest BCUT2D eigenvalue weighted by molar-refractivity contribution is 1.19. The van der Waals surface area contributed by atoms with Gasteiger partial charge in [-0.1, -0.05) is 60.7 Å². The van der Waals surface area contributed by atoms with Crippen molar-refractivity contribution in [2.24, 2.45) is 0 Å². The van der Waals surface area contributed by atoms with Gasteiger partial charge in [0.1, 0.15) is 0 Å². The van der Waals surface area contributed by atoms with Gasteiger partial charge in [-0.05, 0) is 46.9 Å². The molecule has 0 spiro atoms. The molecule has 1 heteroatoms. The van der Waals surface area contributed by atoms with E-state index in [9.17, 15) is 0 Å². The van der Waals surface area contributed by atoms with Crippen molar-refractivity contribution in [3.05, 3.63) is 90.0 Å². The Kier molecular flexibility index (Phi) is 3.51. The van der Waals surface area contributed by atoms with Crippen LogP contribution in [0.2, 0.25) is 0 Å². The van der Waals surface area contributed by atoms with Crippen LogP contribution >= 0.6 is 0 Å². The van der Waals surface area contributed by atoms with Crippen molar-refractivity contribution in [2.45, 2.75) is 6.42 Å². The van der Waals surface area contributed by atoms with E-state index in [0.29, 0.717) is 0 Å². The van der Waals surface area contributed by atoms with Crippen LogP contribution < -0.4 is 5.73 Å². The third kappa shape index (κ3) is 2.89. The maximum absolute atomic E-state index is 6.04. The van der Waals surface area contributed by atoms with Crippen LogP contribution in [0.3, 0.4) is 0 Å². The first kappa shape index (κ1) is 12.5. The van der Waals surface area contributed by atoms with Gasteiger partial charge < -0.3 is 5.73 Å². The van der Waals surface area contributed by atoms with Crippen LogP contribution in [0.5, 0.6) is 0 Å². The van der Waals surface area contributed by atoms with E-state index in [1.807, 2.05) is 36.4 Å². The molecule has 1 nitrogen and oxygen atoms in total. The number of anilines is 1. The summed E-state index contributed by atoms with van der Waals surface area (Å²) in [6.07, 6.45) is 0.895. The highest BCUT2D eigenvalue weighted by atomic mass is 14.5. The summed E-state index contributed by atoms with van der Waals surface area (Å²) in [7, 11) is 0. The fourth-order valence-electron chi connectivity index (χ4n) is 2.38. The molecule has 0 aliphatic carbocycles. The molecule has 0 fully saturated rings. The molecule has 0 atom stereocenters. The topological polar surface area (TPSA) is 26.0 Å². The van der Waals surface area contributed by atoms with Crippen molar-refractivity contribution >= 4 is 5.69 Å². The van der Waals surface area contributed by atoms with Gasteiger partial charge in [0.05, 0.1) is 0 Å². The number of nitrogen functional groups attached to an aromatic ring is 1. The van der Waals surface area contributed by atoms with Gasteiger partial charge in [0.2, 0.25) is 0 Å². The Morgan fingerprint density at radius 3 is 2.35 bits per heavy atom. The summed E-state index contributed by atoms with van der Waals surface area (Å²) in [6, 6.07) is 27.9. The summed E-state index contributed by atoms with van der Waals surface area (Å²) in [5, 5.41) is 0. The van der Waals surface area contributed by atoms with Crippen molar-refractivity contribution in [3.8, 4) is 11.1 Å². The minimum Gasteiger partial charge on any atom is -0.399 e. The predicted octanol–water partition coefficient (Wildman–Crippen LogP) is 4.33. The third-order valence-electron chi connectivity index (χ3n) is 3.29. The zero-order valence-electron chi connectivity index (χ0n) is 11.2. The van der Waals surface area contributed by atoms with E-state index < -0.39 is 0 Å². The maximum atomic E-state index is 6.04. The molecule has 97 valence electrons. The normalized spacial score (nSPS) is 10.4. The molecule has 0 amide bonds. The Labute approximate surface area is 119 Å². The quantitative estimate of drug-likeness (QED) is 0.695. The molecular formula is C19H16N. The molecule has 2 N–H and O–H groups in total. The van der Waals surface area contributed by atoms with Gasteiger partial charge >= 0.3 is 0 Å². The molecule has 0 saturated carbocycles. The summed E-state index contributed by atoms with van der Waals surface area (Å²) in [5.41, 5.74) is 11.6. The Morgan fingerprint density at radius 2 is 1.60 bits per heavy atom. The van der Waals surface area contributed by atoms with E-state index in [2.05, 4.69) is 42.5 Å². The largest absolute Gasteiger partial charge is 0.399 e. The molecule has 0 bridgehead atoms. The van der Waals surface area contributed by atoms with Crippen LogP contribution in [0.4, 0.5) is 5.69 Å². The second-order valence-corrected chi connectivity index (χ2v) is 4.90. The number of rotatable bonds is 3. The van der Waals surface area contributed by atoms with Crippen LogP contribution in [0.25, 0.3) is 11.1 Å². The molecule has 20 heavy (non-hydrogen) atoms. The number of hydrogen-bond acceptors (Lipinski definition) is 1. The number of benzene rings is 3. The van der Waals surface area contributed by atoms with Gasteiger partial charge in [0.15, 0.2) is 0 Å². The monoisotopic (exact) mass is 258 g/mol. The van der Waals surface area contributed by atoms with Gasteiger partial charge in [0, 0.05) is 5.69 Å². The lowest BCUT2D eigenvalue weighted by atomic mass is 9.98. The van der Waals surface area contributed by atoms with Crippen LogP contribution in [-0.2, 0) is 6.42 Å². The van der Waals surface area contributed by atoms with Crippen LogP contribution in [-0.4, -0.2) is 0 Å². The van der Waals surface area contributed by atoms with Crippen LogP contribution in [0.1, 0.15) is 11.1 Å². The summed E-state index contributed by atoms with van der Waals surface area (Å²) >= 11 is 0. The minimum absolute atomic E-state index is 0.797. The highest BCUT2D eigenvalue weighted by Crippen LogP contribution is 2.24. The Balaban J connectivity index is 1.95. The van der Waals surface area contributed by atoms with Crippen LogP contribution in [0.15, 0.2) is 72.8 Å². The summed E-state index contributed by atoms with van der Waals surface area (Å²) < 4.78 is 0. The molecule has 3 aromatic carbocycles. The van der Waals surface area contributed by atoms with Gasteiger partial charge in [-0.2, -0.15) is 0 Å². The molecule has 0 aromatic heterocycles. The van der Waals surface area contributed by atoms with Crippen molar-refractivity contribution in [1.29, 1.82) is 0 Å². The average molecular weight is 258 g/mol. The van der Waals surface area contributed by atoms with E-state index in [4.69, 9.17) is 5.73 Å². The van der Waals surface area contributed by atoms with E-state index in [1.165, 1.54) is 11.1 Å². The molecule has 0 heterocycles. The van der Waals surface area contributed by atoms with Crippen molar-refractivity contribution in [3.63, 3.8) is 0 Å². The fraction of sp³-hybridized carbons (Fsp3) is 0.0526. The first-order valence-corrected chi connectivity index (χ1v) is 6.72. The molecule has 0 aliphatic rings. The van der Waals surface area contributed by atoms with E-state index in [1.54, 1.807) is 0 Å². The van der Waals surface area contributed by atoms with E-state index in [0.717, 1.165) is 23.2 Å². The fourth-order valence-corrected chi connectivity index (χ4v) is 2.38. The molecule has 0 unspecified atom stereocenters. The zero-order valence-corrected chi connectivity index (χ0v) is 11.2. The highest BCUT2D eigenvalue weighted by Gasteiger charge is 2.03.